The highest BCUT2D eigenvalue weighted by molar-refractivity contribution is 5.81. The molecule has 0 radical (unpaired) electrons. The predicted octanol–water partition coefficient (Wildman–Crippen LogP) is 3.72. The standard InChI is InChI=1S/C26H32N4O/c1-27-26(29-17-13-23(14-18-29)21-8-3-2-4-9-21)28-16-7-12-25(31)30-19-15-22-10-5-6-11-24(22)20-30/h2-6,8-11,13H,7,12,14-20H2,1H3,(H,27,28). The van der Waals surface area contributed by atoms with Crippen LogP contribution in [-0.2, 0) is 17.8 Å². The topological polar surface area (TPSA) is 47.9 Å². The monoisotopic (exact) mass is 416 g/mol. The second-order valence-corrected chi connectivity index (χ2v) is 8.20. The summed E-state index contributed by atoms with van der Waals surface area (Å²) < 4.78 is 0. The maximum absolute atomic E-state index is 12.6. The van der Waals surface area contributed by atoms with Gasteiger partial charge >= 0.3 is 0 Å². The van der Waals surface area contributed by atoms with E-state index < -0.39 is 0 Å². The van der Waals surface area contributed by atoms with Gasteiger partial charge in [0, 0.05) is 46.2 Å². The first-order valence-corrected chi connectivity index (χ1v) is 11.3. The van der Waals surface area contributed by atoms with E-state index in [0.29, 0.717) is 6.42 Å². The summed E-state index contributed by atoms with van der Waals surface area (Å²) >= 11 is 0. The number of rotatable bonds is 5. The van der Waals surface area contributed by atoms with Crippen LogP contribution in [0.4, 0.5) is 0 Å². The molecule has 4 rings (SSSR count). The largest absolute Gasteiger partial charge is 0.356 e. The van der Waals surface area contributed by atoms with E-state index in [1.165, 1.54) is 22.3 Å². The van der Waals surface area contributed by atoms with Crippen molar-refractivity contribution < 1.29 is 4.79 Å². The Labute approximate surface area is 185 Å². The van der Waals surface area contributed by atoms with Gasteiger partial charge < -0.3 is 15.1 Å². The minimum absolute atomic E-state index is 0.250. The van der Waals surface area contributed by atoms with Gasteiger partial charge in [-0.2, -0.15) is 0 Å². The predicted molar refractivity (Wildman–Crippen MR) is 127 cm³/mol. The molecule has 0 atom stereocenters. The van der Waals surface area contributed by atoms with Gasteiger partial charge in [-0.25, -0.2) is 0 Å². The Bertz CT molecular complexity index is 951. The quantitative estimate of drug-likeness (QED) is 0.459. The normalized spacial score (nSPS) is 16.5. The number of fused-ring (bicyclic) bond motifs is 1. The number of guanidine groups is 1. The van der Waals surface area contributed by atoms with Crippen molar-refractivity contribution in [1.29, 1.82) is 0 Å². The van der Waals surface area contributed by atoms with Gasteiger partial charge in [0.1, 0.15) is 0 Å². The van der Waals surface area contributed by atoms with Crippen LogP contribution in [0.1, 0.15) is 36.0 Å². The summed E-state index contributed by atoms with van der Waals surface area (Å²) in [7, 11) is 1.83. The van der Waals surface area contributed by atoms with E-state index in [1.807, 2.05) is 11.9 Å². The molecule has 1 N–H and O–H groups in total. The van der Waals surface area contributed by atoms with Crippen LogP contribution in [0.2, 0.25) is 0 Å². The lowest BCUT2D eigenvalue weighted by molar-refractivity contribution is -0.132. The third kappa shape index (κ3) is 5.35. The molecular weight excluding hydrogens is 384 g/mol. The average Bonchev–Trinajstić information content (AvgIpc) is 2.84. The van der Waals surface area contributed by atoms with Gasteiger partial charge in [-0.3, -0.25) is 9.79 Å². The molecule has 0 saturated carbocycles. The number of benzene rings is 2. The first kappa shape index (κ1) is 21.2. The molecule has 162 valence electrons. The Morgan fingerprint density at radius 2 is 1.71 bits per heavy atom. The lowest BCUT2D eigenvalue weighted by atomic mass is 9.99. The summed E-state index contributed by atoms with van der Waals surface area (Å²) in [6.45, 7) is 4.14. The van der Waals surface area contributed by atoms with Crippen LogP contribution < -0.4 is 5.32 Å². The molecule has 2 aromatic carbocycles. The summed E-state index contributed by atoms with van der Waals surface area (Å²) in [5.41, 5.74) is 5.38. The van der Waals surface area contributed by atoms with Crippen LogP contribution >= 0.6 is 0 Å². The highest BCUT2D eigenvalue weighted by atomic mass is 16.2. The Balaban J connectivity index is 1.20. The minimum Gasteiger partial charge on any atom is -0.356 e. The number of carbonyl (C=O) groups is 1. The number of nitrogens with zero attached hydrogens (tertiary/aromatic N) is 3. The van der Waals surface area contributed by atoms with Crippen molar-refractivity contribution in [3.63, 3.8) is 0 Å². The van der Waals surface area contributed by atoms with Crippen LogP contribution in [0.15, 0.2) is 65.7 Å². The second kappa shape index (κ2) is 10.3. The molecule has 2 heterocycles. The summed E-state index contributed by atoms with van der Waals surface area (Å²) in [5, 5.41) is 3.44. The van der Waals surface area contributed by atoms with Gasteiger partial charge in [-0.1, -0.05) is 60.7 Å². The molecular formula is C26H32N4O. The fourth-order valence-electron chi connectivity index (χ4n) is 4.41. The van der Waals surface area contributed by atoms with Crippen LogP contribution in [0.3, 0.4) is 0 Å². The number of amides is 1. The smallest absolute Gasteiger partial charge is 0.222 e. The van der Waals surface area contributed by atoms with Crippen LogP contribution in [0.25, 0.3) is 5.57 Å². The van der Waals surface area contributed by atoms with Crippen molar-refractivity contribution >= 4 is 17.4 Å². The van der Waals surface area contributed by atoms with Crippen molar-refractivity contribution in [3.8, 4) is 0 Å². The number of hydrogen-bond acceptors (Lipinski definition) is 2. The van der Waals surface area contributed by atoms with Gasteiger partial charge in [0.15, 0.2) is 5.96 Å². The molecule has 5 nitrogen and oxygen atoms in total. The van der Waals surface area contributed by atoms with Gasteiger partial charge in [0.25, 0.3) is 0 Å². The van der Waals surface area contributed by atoms with E-state index in [2.05, 4.69) is 75.9 Å². The minimum atomic E-state index is 0.250. The lowest BCUT2D eigenvalue weighted by Crippen LogP contribution is -2.44. The zero-order chi connectivity index (χ0) is 21.5. The molecule has 2 aliphatic rings. The third-order valence-electron chi connectivity index (χ3n) is 6.20. The number of nitrogens with one attached hydrogen (secondary N) is 1. The summed E-state index contributed by atoms with van der Waals surface area (Å²) in [4.78, 5) is 21.4. The van der Waals surface area contributed by atoms with Gasteiger partial charge in [-0.15, -0.1) is 0 Å². The van der Waals surface area contributed by atoms with Crippen molar-refractivity contribution in [2.75, 3.05) is 33.2 Å². The molecule has 1 amide bonds. The van der Waals surface area contributed by atoms with Crippen molar-refractivity contribution in [2.45, 2.75) is 32.2 Å². The molecule has 0 unspecified atom stereocenters. The van der Waals surface area contributed by atoms with E-state index in [-0.39, 0.29) is 5.91 Å². The van der Waals surface area contributed by atoms with Crippen molar-refractivity contribution in [1.82, 2.24) is 15.1 Å². The zero-order valence-corrected chi connectivity index (χ0v) is 18.4. The van der Waals surface area contributed by atoms with E-state index in [1.54, 1.807) is 0 Å². The van der Waals surface area contributed by atoms with E-state index in [0.717, 1.165) is 57.9 Å². The first-order valence-electron chi connectivity index (χ1n) is 11.3. The van der Waals surface area contributed by atoms with E-state index in [9.17, 15) is 4.79 Å². The number of carbonyl (C=O) groups excluding carboxylic acids is 1. The Morgan fingerprint density at radius 1 is 0.968 bits per heavy atom. The molecule has 0 fully saturated rings. The van der Waals surface area contributed by atoms with Crippen molar-refractivity contribution in [3.05, 3.63) is 77.4 Å². The second-order valence-electron chi connectivity index (χ2n) is 8.20. The van der Waals surface area contributed by atoms with E-state index >= 15 is 0 Å². The van der Waals surface area contributed by atoms with E-state index in [4.69, 9.17) is 0 Å². The fraction of sp³-hybridized carbons (Fsp3) is 0.385. The fourth-order valence-corrected chi connectivity index (χ4v) is 4.41. The Hall–Kier alpha value is -3.08. The Morgan fingerprint density at radius 3 is 2.45 bits per heavy atom. The van der Waals surface area contributed by atoms with Crippen molar-refractivity contribution in [2.24, 2.45) is 4.99 Å². The molecule has 0 aliphatic carbocycles. The van der Waals surface area contributed by atoms with Crippen LogP contribution in [0, 0.1) is 0 Å². The SMILES string of the molecule is CN=C(NCCCC(=O)N1CCc2ccccc2C1)N1CC=C(c2ccccc2)CC1. The molecule has 5 heteroatoms. The van der Waals surface area contributed by atoms with Gasteiger partial charge in [-0.05, 0) is 41.5 Å². The molecule has 0 spiro atoms. The molecule has 0 aromatic heterocycles. The summed E-state index contributed by atoms with van der Waals surface area (Å²) in [5.74, 6) is 1.17. The van der Waals surface area contributed by atoms with Gasteiger partial charge in [0.05, 0.1) is 0 Å². The van der Waals surface area contributed by atoms with Crippen LogP contribution in [0.5, 0.6) is 0 Å². The molecule has 0 saturated heterocycles. The highest BCUT2D eigenvalue weighted by Crippen LogP contribution is 2.22. The number of aliphatic imine (C=N–C) groups is 1. The molecule has 0 bridgehead atoms. The molecule has 2 aromatic rings. The van der Waals surface area contributed by atoms with Crippen LogP contribution in [-0.4, -0.2) is 54.9 Å². The van der Waals surface area contributed by atoms with Gasteiger partial charge in [0.2, 0.25) is 5.91 Å². The highest BCUT2D eigenvalue weighted by Gasteiger charge is 2.20. The molecule has 31 heavy (non-hydrogen) atoms. The maximum atomic E-state index is 12.6. The number of hydrogen-bond donors (Lipinski definition) is 1. The average molecular weight is 417 g/mol. The maximum Gasteiger partial charge on any atom is 0.222 e. The lowest BCUT2D eigenvalue weighted by Gasteiger charge is -2.30. The zero-order valence-electron chi connectivity index (χ0n) is 18.4. The Kier molecular flexibility index (Phi) is 7.03. The third-order valence-corrected chi connectivity index (χ3v) is 6.20. The first-order chi connectivity index (χ1) is 15.2. The summed E-state index contributed by atoms with van der Waals surface area (Å²) in [6.07, 6.45) is 5.66. The summed E-state index contributed by atoms with van der Waals surface area (Å²) in [6, 6.07) is 19.0. The molecule has 2 aliphatic heterocycles.